The number of cyclic esters (lactones) is 1. The van der Waals surface area contributed by atoms with E-state index in [2.05, 4.69) is 17.9 Å². The minimum atomic E-state index is -0.457. The third-order valence-corrected chi connectivity index (χ3v) is 4.40. The van der Waals surface area contributed by atoms with Crippen molar-refractivity contribution >= 4 is 47.6 Å². The van der Waals surface area contributed by atoms with Gasteiger partial charge in [0, 0.05) is 21.3 Å². The number of hydrogen-bond donors (Lipinski definition) is 3. The second kappa shape index (κ2) is 7.25. The Hall–Kier alpha value is -2.38. The first-order valence-electron chi connectivity index (χ1n) is 7.54. The Morgan fingerprint density at radius 2 is 2.04 bits per heavy atom. The first-order valence-corrected chi connectivity index (χ1v) is 8.37. The van der Waals surface area contributed by atoms with Crippen molar-refractivity contribution in [1.29, 1.82) is 0 Å². The molecule has 6 nitrogen and oxygen atoms in total. The molecule has 1 saturated heterocycles. The quantitative estimate of drug-likeness (QED) is 0.565. The Morgan fingerprint density at radius 1 is 1.32 bits per heavy atom. The summed E-state index contributed by atoms with van der Waals surface area (Å²) in [5.41, 5.74) is 7.33. The summed E-state index contributed by atoms with van der Waals surface area (Å²) in [6.45, 7) is 0.530. The Kier molecular flexibility index (Phi) is 5.06. The number of nitrogen functional groups attached to an aromatic ring is 1. The van der Waals surface area contributed by atoms with Gasteiger partial charge in [0.15, 0.2) is 0 Å². The molecule has 130 valence electrons. The number of ether oxygens (including phenoxy) is 1. The van der Waals surface area contributed by atoms with Crippen LogP contribution in [0.4, 0.5) is 16.2 Å². The van der Waals surface area contributed by atoms with Gasteiger partial charge < -0.3 is 15.8 Å². The van der Waals surface area contributed by atoms with Crippen molar-refractivity contribution in [2.45, 2.75) is 11.0 Å². The molecule has 0 radical (unpaired) electrons. The fraction of sp³-hybridized carbons (Fsp3) is 0.176. The van der Waals surface area contributed by atoms with Gasteiger partial charge >= 0.3 is 6.09 Å². The van der Waals surface area contributed by atoms with Crippen molar-refractivity contribution in [2.24, 2.45) is 0 Å². The van der Waals surface area contributed by atoms with Crippen molar-refractivity contribution in [1.82, 2.24) is 5.32 Å². The molecule has 1 fully saturated rings. The van der Waals surface area contributed by atoms with Crippen molar-refractivity contribution in [3.05, 3.63) is 53.1 Å². The number of carbonyl (C=O) groups excluding carboxylic acids is 2. The molecule has 2 aromatic carbocycles. The lowest BCUT2D eigenvalue weighted by Crippen LogP contribution is -2.34. The molecule has 1 heterocycles. The maximum absolute atomic E-state index is 12.3. The topological polar surface area (TPSA) is 84.7 Å². The van der Waals surface area contributed by atoms with Crippen LogP contribution in [0.15, 0.2) is 47.4 Å². The molecule has 0 spiro atoms. The fourth-order valence-electron chi connectivity index (χ4n) is 2.48. The normalized spacial score (nSPS) is 16.6. The lowest BCUT2D eigenvalue weighted by Gasteiger charge is -2.13. The predicted octanol–water partition coefficient (Wildman–Crippen LogP) is 2.97. The van der Waals surface area contributed by atoms with E-state index in [0.717, 1.165) is 0 Å². The van der Waals surface area contributed by atoms with Crippen molar-refractivity contribution in [3.63, 3.8) is 0 Å². The van der Waals surface area contributed by atoms with Gasteiger partial charge in [0.25, 0.3) is 5.91 Å². The van der Waals surface area contributed by atoms with Crippen molar-refractivity contribution < 1.29 is 14.3 Å². The number of nitrogens with one attached hydrogen (secondary N) is 1. The fourth-order valence-corrected chi connectivity index (χ4v) is 2.90. The van der Waals surface area contributed by atoms with Gasteiger partial charge in [0.2, 0.25) is 0 Å². The van der Waals surface area contributed by atoms with E-state index in [1.54, 1.807) is 42.5 Å². The first kappa shape index (κ1) is 17.4. The largest absolute Gasteiger partial charge is 0.442 e. The van der Waals surface area contributed by atoms with Crippen LogP contribution in [0, 0.1) is 0 Å². The van der Waals surface area contributed by atoms with Crippen LogP contribution < -0.4 is 16.0 Å². The molecule has 1 aliphatic heterocycles. The van der Waals surface area contributed by atoms with E-state index in [9.17, 15) is 9.59 Å². The highest BCUT2D eigenvalue weighted by Crippen LogP contribution is 2.23. The summed E-state index contributed by atoms with van der Waals surface area (Å²) in [7, 11) is 0. The van der Waals surface area contributed by atoms with Crippen LogP contribution in [-0.2, 0) is 4.74 Å². The summed E-state index contributed by atoms with van der Waals surface area (Å²) in [4.78, 5) is 26.3. The number of rotatable bonds is 4. The zero-order valence-corrected chi connectivity index (χ0v) is 14.8. The van der Waals surface area contributed by atoms with Crippen molar-refractivity contribution in [3.8, 4) is 0 Å². The van der Waals surface area contributed by atoms with Gasteiger partial charge in [-0.15, -0.1) is 12.6 Å². The van der Waals surface area contributed by atoms with Crippen molar-refractivity contribution in [2.75, 3.05) is 23.7 Å². The van der Waals surface area contributed by atoms with E-state index in [0.29, 0.717) is 33.4 Å². The van der Waals surface area contributed by atoms with Gasteiger partial charge in [-0.1, -0.05) is 11.6 Å². The molecule has 0 aromatic heterocycles. The molecule has 2 aromatic rings. The summed E-state index contributed by atoms with van der Waals surface area (Å²) in [5, 5.41) is 3.19. The summed E-state index contributed by atoms with van der Waals surface area (Å²) in [5.74, 6) is -0.325. The maximum atomic E-state index is 12.3. The van der Waals surface area contributed by atoms with Crippen LogP contribution in [0.5, 0.6) is 0 Å². The number of carbonyl (C=O) groups is 2. The molecule has 8 heteroatoms. The van der Waals surface area contributed by atoms with Crippen LogP contribution in [-0.4, -0.2) is 31.2 Å². The second-order valence-electron chi connectivity index (χ2n) is 5.58. The standard InChI is InChI=1S/C17H16ClN3O3S/c18-10-1-6-15(25)14(7-10)16(22)20-8-13-9-21(17(23)24-13)12-4-2-11(19)3-5-12/h1-7,13,25H,8-9,19H2,(H,20,22)/t13-/m1/s1. The molecule has 0 aliphatic carbocycles. The average molecular weight is 378 g/mol. The van der Waals surface area contributed by atoms with Gasteiger partial charge in [-0.05, 0) is 42.5 Å². The summed E-state index contributed by atoms with van der Waals surface area (Å²) in [6.07, 6.45) is -0.904. The Balaban J connectivity index is 1.61. The predicted molar refractivity (Wildman–Crippen MR) is 99.5 cm³/mol. The molecule has 3 rings (SSSR count). The number of thiol groups is 1. The van der Waals surface area contributed by atoms with E-state index in [1.165, 1.54) is 4.90 Å². The van der Waals surface area contributed by atoms with E-state index in [4.69, 9.17) is 22.1 Å². The molecule has 0 unspecified atom stereocenters. The minimum absolute atomic E-state index is 0.190. The molecule has 25 heavy (non-hydrogen) atoms. The first-order chi connectivity index (χ1) is 11.9. The molecule has 0 bridgehead atoms. The second-order valence-corrected chi connectivity index (χ2v) is 6.50. The van der Waals surface area contributed by atoms with E-state index < -0.39 is 12.2 Å². The molecular formula is C17H16ClN3O3S. The van der Waals surface area contributed by atoms with Gasteiger partial charge in [-0.3, -0.25) is 9.69 Å². The number of nitrogens with two attached hydrogens (primary N) is 1. The van der Waals surface area contributed by atoms with Gasteiger partial charge in [0.1, 0.15) is 6.10 Å². The number of amides is 2. The highest BCUT2D eigenvalue weighted by atomic mass is 35.5. The Bertz CT molecular complexity index is 813. The maximum Gasteiger partial charge on any atom is 0.414 e. The molecule has 1 aliphatic rings. The van der Waals surface area contributed by atoms with Crippen LogP contribution in [0.2, 0.25) is 5.02 Å². The summed E-state index contributed by atoms with van der Waals surface area (Å²) in [6, 6.07) is 11.8. The average Bonchev–Trinajstić information content (AvgIpc) is 2.96. The van der Waals surface area contributed by atoms with Gasteiger partial charge in [0.05, 0.1) is 18.7 Å². The number of anilines is 2. The molecule has 3 N–H and O–H groups in total. The molecular weight excluding hydrogens is 362 g/mol. The lowest BCUT2D eigenvalue weighted by molar-refractivity contribution is 0.0913. The van der Waals surface area contributed by atoms with E-state index >= 15 is 0 Å². The van der Waals surface area contributed by atoms with Crippen LogP contribution >= 0.6 is 24.2 Å². The van der Waals surface area contributed by atoms with Gasteiger partial charge in [-0.2, -0.15) is 0 Å². The van der Waals surface area contributed by atoms with E-state index in [1.807, 2.05) is 0 Å². The highest BCUT2D eigenvalue weighted by Gasteiger charge is 2.32. The van der Waals surface area contributed by atoms with Crippen LogP contribution in [0.25, 0.3) is 0 Å². The number of hydrogen-bond acceptors (Lipinski definition) is 5. The Labute approximate surface area is 155 Å². The van der Waals surface area contributed by atoms with Crippen LogP contribution in [0.1, 0.15) is 10.4 Å². The Morgan fingerprint density at radius 3 is 2.76 bits per heavy atom. The molecule has 1 atom stereocenters. The van der Waals surface area contributed by atoms with Gasteiger partial charge in [-0.25, -0.2) is 4.79 Å². The minimum Gasteiger partial charge on any atom is -0.442 e. The third kappa shape index (κ3) is 4.00. The number of benzene rings is 2. The number of nitrogens with zero attached hydrogens (tertiary/aromatic N) is 1. The molecule has 0 saturated carbocycles. The zero-order valence-electron chi connectivity index (χ0n) is 13.1. The third-order valence-electron chi connectivity index (χ3n) is 3.77. The summed E-state index contributed by atoms with van der Waals surface area (Å²) < 4.78 is 5.29. The SMILES string of the molecule is Nc1ccc(N2C[C@@H](CNC(=O)c3cc(Cl)ccc3S)OC2=O)cc1. The lowest BCUT2D eigenvalue weighted by atomic mass is 10.2. The zero-order chi connectivity index (χ0) is 18.0. The number of halogens is 1. The van der Waals surface area contributed by atoms with Crippen LogP contribution in [0.3, 0.4) is 0 Å². The summed E-state index contributed by atoms with van der Waals surface area (Å²) >= 11 is 10.2. The molecule has 2 amide bonds. The monoisotopic (exact) mass is 377 g/mol. The smallest absolute Gasteiger partial charge is 0.414 e. The van der Waals surface area contributed by atoms with E-state index in [-0.39, 0.29) is 12.5 Å². The highest BCUT2D eigenvalue weighted by molar-refractivity contribution is 7.80.